The van der Waals surface area contributed by atoms with Crippen LogP contribution in [0.3, 0.4) is 0 Å². The summed E-state index contributed by atoms with van der Waals surface area (Å²) >= 11 is 6.12. The Hall–Kier alpha value is -1.58. The highest BCUT2D eigenvalue weighted by Crippen LogP contribution is 2.25. The number of rotatable bonds is 4. The minimum atomic E-state index is 0.0120. The van der Waals surface area contributed by atoms with Crippen LogP contribution in [-0.4, -0.2) is 11.5 Å². The molecule has 1 heterocycles. The van der Waals surface area contributed by atoms with Crippen molar-refractivity contribution in [2.45, 2.75) is 13.0 Å². The second-order valence-corrected chi connectivity index (χ2v) is 4.55. The maximum absolute atomic E-state index is 6.12. The number of benzene rings is 1. The molecule has 1 atom stereocenters. The van der Waals surface area contributed by atoms with Gasteiger partial charge in [0.25, 0.3) is 0 Å². The number of halogens is 1. The van der Waals surface area contributed by atoms with Gasteiger partial charge in [-0.15, -0.1) is 0 Å². The molecule has 0 aliphatic rings. The standard InChI is InChI=1S/C14H16ClN3/c1-10-6-7-11(9-17-10)14(8-16)18-13-5-3-2-4-12(13)15/h2-7,9,14,18H,8,16H2,1H3. The second kappa shape index (κ2) is 5.85. The van der Waals surface area contributed by atoms with E-state index >= 15 is 0 Å². The fourth-order valence-corrected chi connectivity index (χ4v) is 1.92. The first-order chi connectivity index (χ1) is 8.70. The Bertz CT molecular complexity index is 511. The summed E-state index contributed by atoms with van der Waals surface area (Å²) in [4.78, 5) is 4.28. The quantitative estimate of drug-likeness (QED) is 0.889. The second-order valence-electron chi connectivity index (χ2n) is 4.15. The average molecular weight is 262 g/mol. The summed E-state index contributed by atoms with van der Waals surface area (Å²) in [5.41, 5.74) is 8.74. The Morgan fingerprint density at radius 2 is 2.06 bits per heavy atom. The molecule has 3 nitrogen and oxygen atoms in total. The Labute approximate surface area is 112 Å². The molecule has 0 bridgehead atoms. The first kappa shape index (κ1) is 12.9. The Kier molecular flexibility index (Phi) is 4.18. The van der Waals surface area contributed by atoms with Gasteiger partial charge in [0, 0.05) is 18.4 Å². The number of nitrogens with two attached hydrogens (primary N) is 1. The van der Waals surface area contributed by atoms with Gasteiger partial charge >= 0.3 is 0 Å². The number of nitrogens with zero attached hydrogens (tertiary/aromatic N) is 1. The summed E-state index contributed by atoms with van der Waals surface area (Å²) < 4.78 is 0. The first-order valence-electron chi connectivity index (χ1n) is 5.84. The highest BCUT2D eigenvalue weighted by Gasteiger charge is 2.11. The molecule has 4 heteroatoms. The smallest absolute Gasteiger partial charge is 0.0651 e. The van der Waals surface area contributed by atoms with E-state index in [0.717, 1.165) is 16.9 Å². The van der Waals surface area contributed by atoms with Crippen LogP contribution < -0.4 is 11.1 Å². The Balaban J connectivity index is 2.20. The van der Waals surface area contributed by atoms with Crippen LogP contribution in [0.5, 0.6) is 0 Å². The van der Waals surface area contributed by atoms with E-state index in [0.29, 0.717) is 11.6 Å². The van der Waals surface area contributed by atoms with Crippen LogP contribution in [0.4, 0.5) is 5.69 Å². The van der Waals surface area contributed by atoms with Gasteiger partial charge in [0.15, 0.2) is 0 Å². The highest BCUT2D eigenvalue weighted by atomic mass is 35.5. The Morgan fingerprint density at radius 3 is 2.67 bits per heavy atom. The summed E-state index contributed by atoms with van der Waals surface area (Å²) in [7, 11) is 0. The molecule has 2 aromatic rings. The van der Waals surface area contributed by atoms with Crippen LogP contribution in [0.1, 0.15) is 17.3 Å². The number of aromatic nitrogens is 1. The summed E-state index contributed by atoms with van der Waals surface area (Å²) in [5.74, 6) is 0. The van der Waals surface area contributed by atoms with E-state index in [2.05, 4.69) is 10.3 Å². The highest BCUT2D eigenvalue weighted by molar-refractivity contribution is 6.33. The van der Waals surface area contributed by atoms with Gasteiger partial charge < -0.3 is 11.1 Å². The van der Waals surface area contributed by atoms with Crippen molar-refractivity contribution in [3.63, 3.8) is 0 Å². The lowest BCUT2D eigenvalue weighted by Gasteiger charge is -2.19. The summed E-state index contributed by atoms with van der Waals surface area (Å²) in [6.07, 6.45) is 1.84. The minimum absolute atomic E-state index is 0.0120. The number of pyridine rings is 1. The first-order valence-corrected chi connectivity index (χ1v) is 6.22. The third kappa shape index (κ3) is 3.00. The normalized spacial score (nSPS) is 12.2. The van der Waals surface area contributed by atoms with Gasteiger partial charge in [-0.2, -0.15) is 0 Å². The van der Waals surface area contributed by atoms with Crippen LogP contribution in [0.25, 0.3) is 0 Å². The lowest BCUT2D eigenvalue weighted by Crippen LogP contribution is -2.20. The van der Waals surface area contributed by atoms with Crippen molar-refractivity contribution in [2.75, 3.05) is 11.9 Å². The van der Waals surface area contributed by atoms with E-state index in [1.807, 2.05) is 49.5 Å². The zero-order chi connectivity index (χ0) is 13.0. The van der Waals surface area contributed by atoms with Crippen molar-refractivity contribution < 1.29 is 0 Å². The van der Waals surface area contributed by atoms with Crippen LogP contribution in [0, 0.1) is 6.92 Å². The third-order valence-electron chi connectivity index (χ3n) is 2.78. The van der Waals surface area contributed by atoms with Crippen molar-refractivity contribution in [3.8, 4) is 0 Å². The number of para-hydroxylation sites is 1. The molecule has 0 fully saturated rings. The fraction of sp³-hybridized carbons (Fsp3) is 0.214. The molecule has 0 saturated heterocycles. The minimum Gasteiger partial charge on any atom is -0.376 e. The van der Waals surface area contributed by atoms with Crippen molar-refractivity contribution in [2.24, 2.45) is 5.73 Å². The molecule has 0 spiro atoms. The average Bonchev–Trinajstić information content (AvgIpc) is 2.39. The predicted octanol–water partition coefficient (Wildman–Crippen LogP) is 3.16. The zero-order valence-corrected chi connectivity index (χ0v) is 11.0. The molecule has 0 radical (unpaired) electrons. The van der Waals surface area contributed by atoms with Crippen molar-refractivity contribution >= 4 is 17.3 Å². The fourth-order valence-electron chi connectivity index (χ4n) is 1.73. The molecular weight excluding hydrogens is 246 g/mol. The van der Waals surface area contributed by atoms with Crippen LogP contribution in [0.2, 0.25) is 5.02 Å². The largest absolute Gasteiger partial charge is 0.376 e. The van der Waals surface area contributed by atoms with Gasteiger partial charge in [-0.25, -0.2) is 0 Å². The van der Waals surface area contributed by atoms with Crippen LogP contribution in [0.15, 0.2) is 42.6 Å². The van der Waals surface area contributed by atoms with Gasteiger partial charge in [0.1, 0.15) is 0 Å². The molecule has 0 aliphatic heterocycles. The SMILES string of the molecule is Cc1ccc(C(CN)Nc2ccccc2Cl)cn1. The van der Waals surface area contributed by atoms with Crippen LogP contribution >= 0.6 is 11.6 Å². The summed E-state index contributed by atoms with van der Waals surface area (Å²) in [6, 6.07) is 11.7. The summed E-state index contributed by atoms with van der Waals surface area (Å²) in [6.45, 7) is 2.44. The van der Waals surface area contributed by atoms with Crippen LogP contribution in [-0.2, 0) is 0 Å². The van der Waals surface area contributed by atoms with E-state index in [4.69, 9.17) is 17.3 Å². The van der Waals surface area contributed by atoms with Crippen molar-refractivity contribution in [1.29, 1.82) is 0 Å². The summed E-state index contributed by atoms with van der Waals surface area (Å²) in [5, 5.41) is 4.03. The topological polar surface area (TPSA) is 50.9 Å². The number of hydrogen-bond donors (Lipinski definition) is 2. The molecule has 3 N–H and O–H groups in total. The molecule has 1 unspecified atom stereocenters. The molecule has 0 amide bonds. The molecule has 1 aromatic carbocycles. The maximum Gasteiger partial charge on any atom is 0.0651 e. The van der Waals surface area contributed by atoms with E-state index < -0.39 is 0 Å². The van der Waals surface area contributed by atoms with Gasteiger partial charge in [-0.3, -0.25) is 4.98 Å². The maximum atomic E-state index is 6.12. The Morgan fingerprint density at radius 1 is 1.28 bits per heavy atom. The lowest BCUT2D eigenvalue weighted by atomic mass is 10.1. The molecule has 2 rings (SSSR count). The van der Waals surface area contributed by atoms with Gasteiger partial charge in [-0.05, 0) is 30.7 Å². The monoisotopic (exact) mass is 261 g/mol. The van der Waals surface area contributed by atoms with E-state index in [-0.39, 0.29) is 6.04 Å². The van der Waals surface area contributed by atoms with E-state index in [1.165, 1.54) is 0 Å². The molecule has 1 aromatic heterocycles. The molecular formula is C14H16ClN3. The van der Waals surface area contributed by atoms with E-state index in [1.54, 1.807) is 0 Å². The molecule has 18 heavy (non-hydrogen) atoms. The number of aryl methyl sites for hydroxylation is 1. The molecule has 0 aliphatic carbocycles. The van der Waals surface area contributed by atoms with Gasteiger partial charge in [0.2, 0.25) is 0 Å². The van der Waals surface area contributed by atoms with Crippen molar-refractivity contribution in [3.05, 3.63) is 58.9 Å². The number of anilines is 1. The van der Waals surface area contributed by atoms with E-state index in [9.17, 15) is 0 Å². The van der Waals surface area contributed by atoms with Gasteiger partial charge in [-0.1, -0.05) is 29.8 Å². The lowest BCUT2D eigenvalue weighted by molar-refractivity contribution is 0.784. The number of nitrogens with one attached hydrogen (secondary N) is 1. The third-order valence-corrected chi connectivity index (χ3v) is 3.11. The molecule has 0 saturated carbocycles. The van der Waals surface area contributed by atoms with Gasteiger partial charge in [0.05, 0.1) is 16.8 Å². The van der Waals surface area contributed by atoms with Crippen molar-refractivity contribution in [1.82, 2.24) is 4.98 Å². The number of hydrogen-bond acceptors (Lipinski definition) is 3. The zero-order valence-electron chi connectivity index (χ0n) is 10.2. The predicted molar refractivity (Wildman–Crippen MR) is 75.8 cm³/mol. The molecule has 94 valence electrons.